The minimum Gasteiger partial charge on any atom is -0.479 e. The first-order valence-electron chi connectivity index (χ1n) is 7.25. The molecule has 0 heterocycles. The summed E-state index contributed by atoms with van der Waals surface area (Å²) in [5.41, 5.74) is 3.03. The average molecular weight is 313 g/mol. The zero-order valence-corrected chi connectivity index (χ0v) is 13.1. The second kappa shape index (κ2) is 7.45. The van der Waals surface area contributed by atoms with Crippen LogP contribution >= 0.6 is 0 Å². The molecule has 120 valence electrons. The number of amides is 1. The summed E-state index contributed by atoms with van der Waals surface area (Å²) in [6.45, 7) is 3.72. The number of nitrogens with one attached hydrogen (secondary N) is 1. The SMILES string of the molecule is Cc1cccc(C)c1C(NC(=O)OCc1ccccc1)C(=O)O. The van der Waals surface area contributed by atoms with Gasteiger partial charge in [-0.15, -0.1) is 0 Å². The number of carboxylic acids is 1. The van der Waals surface area contributed by atoms with Gasteiger partial charge in [-0.3, -0.25) is 0 Å². The summed E-state index contributed by atoms with van der Waals surface area (Å²) in [7, 11) is 0. The van der Waals surface area contributed by atoms with E-state index >= 15 is 0 Å². The Morgan fingerprint density at radius 2 is 1.65 bits per heavy atom. The molecule has 0 bridgehead atoms. The maximum atomic E-state index is 11.9. The lowest BCUT2D eigenvalue weighted by molar-refractivity contribution is -0.139. The summed E-state index contributed by atoms with van der Waals surface area (Å²) in [6, 6.07) is 13.5. The summed E-state index contributed by atoms with van der Waals surface area (Å²) in [4.78, 5) is 23.5. The molecule has 0 saturated heterocycles. The standard InChI is InChI=1S/C18H19NO4/c1-12-7-6-8-13(2)15(12)16(17(20)21)19-18(22)23-11-14-9-4-3-5-10-14/h3-10,16H,11H2,1-2H3,(H,19,22)(H,20,21). The van der Waals surface area contributed by atoms with Crippen LogP contribution in [0.4, 0.5) is 4.79 Å². The normalized spacial score (nSPS) is 11.6. The Morgan fingerprint density at radius 3 is 2.22 bits per heavy atom. The summed E-state index contributed by atoms with van der Waals surface area (Å²) < 4.78 is 5.10. The minimum atomic E-state index is -1.14. The predicted octanol–water partition coefficient (Wildman–Crippen LogP) is 3.36. The molecule has 0 saturated carbocycles. The Balaban J connectivity index is 2.08. The first-order chi connectivity index (χ1) is 11.0. The second-order valence-electron chi connectivity index (χ2n) is 5.28. The first-order valence-corrected chi connectivity index (χ1v) is 7.25. The van der Waals surface area contributed by atoms with Gasteiger partial charge in [0.1, 0.15) is 6.61 Å². The molecule has 0 spiro atoms. The number of carboxylic acid groups (broad SMARTS) is 1. The van der Waals surface area contributed by atoms with Gasteiger partial charge in [-0.1, -0.05) is 48.5 Å². The van der Waals surface area contributed by atoms with Gasteiger partial charge in [-0.05, 0) is 36.1 Å². The van der Waals surface area contributed by atoms with E-state index in [2.05, 4.69) is 5.32 Å². The molecule has 1 unspecified atom stereocenters. The van der Waals surface area contributed by atoms with Crippen molar-refractivity contribution in [3.8, 4) is 0 Å². The van der Waals surface area contributed by atoms with Gasteiger partial charge >= 0.3 is 12.1 Å². The van der Waals surface area contributed by atoms with Crippen LogP contribution in [0.25, 0.3) is 0 Å². The number of benzene rings is 2. The highest BCUT2D eigenvalue weighted by Crippen LogP contribution is 2.22. The summed E-state index contributed by atoms with van der Waals surface area (Å²) in [5.74, 6) is -1.13. The fraction of sp³-hybridized carbons (Fsp3) is 0.222. The highest BCUT2D eigenvalue weighted by atomic mass is 16.5. The molecule has 0 aliphatic carbocycles. The summed E-state index contributed by atoms with van der Waals surface area (Å²) >= 11 is 0. The van der Waals surface area contributed by atoms with E-state index in [0.717, 1.165) is 16.7 Å². The largest absolute Gasteiger partial charge is 0.479 e. The Labute approximate surface area is 134 Å². The molecule has 1 atom stereocenters. The van der Waals surface area contributed by atoms with Crippen molar-refractivity contribution < 1.29 is 19.4 Å². The highest BCUT2D eigenvalue weighted by Gasteiger charge is 2.25. The third-order valence-corrected chi connectivity index (χ3v) is 3.55. The molecule has 2 aromatic rings. The summed E-state index contributed by atoms with van der Waals surface area (Å²) in [6.07, 6.45) is -0.760. The van der Waals surface area contributed by atoms with E-state index in [9.17, 15) is 14.7 Å². The van der Waals surface area contributed by atoms with Crippen molar-refractivity contribution in [3.05, 3.63) is 70.8 Å². The van der Waals surface area contributed by atoms with Crippen LogP contribution in [0.2, 0.25) is 0 Å². The number of carbonyl (C=O) groups excluding carboxylic acids is 1. The fourth-order valence-corrected chi connectivity index (χ4v) is 2.42. The monoisotopic (exact) mass is 313 g/mol. The Hall–Kier alpha value is -2.82. The van der Waals surface area contributed by atoms with Gasteiger partial charge in [0.05, 0.1) is 0 Å². The van der Waals surface area contributed by atoms with Gasteiger partial charge in [0, 0.05) is 0 Å². The van der Waals surface area contributed by atoms with Crippen molar-refractivity contribution in [2.45, 2.75) is 26.5 Å². The zero-order chi connectivity index (χ0) is 16.8. The van der Waals surface area contributed by atoms with Crippen molar-refractivity contribution in [1.29, 1.82) is 0 Å². The second-order valence-corrected chi connectivity index (χ2v) is 5.28. The maximum Gasteiger partial charge on any atom is 0.408 e. The van der Waals surface area contributed by atoms with Gasteiger partial charge < -0.3 is 15.2 Å². The number of carbonyl (C=O) groups is 2. The van der Waals surface area contributed by atoms with Crippen LogP contribution in [0, 0.1) is 13.8 Å². The van der Waals surface area contributed by atoms with E-state index in [4.69, 9.17) is 4.74 Å². The van der Waals surface area contributed by atoms with E-state index in [1.165, 1.54) is 0 Å². The molecule has 0 aliphatic rings. The molecular formula is C18H19NO4. The van der Waals surface area contributed by atoms with Crippen molar-refractivity contribution in [2.24, 2.45) is 0 Å². The van der Waals surface area contributed by atoms with E-state index < -0.39 is 18.1 Å². The molecule has 2 N–H and O–H groups in total. The minimum absolute atomic E-state index is 0.0891. The number of hydrogen-bond donors (Lipinski definition) is 2. The molecule has 2 aromatic carbocycles. The Morgan fingerprint density at radius 1 is 1.04 bits per heavy atom. The zero-order valence-electron chi connectivity index (χ0n) is 13.1. The van der Waals surface area contributed by atoms with Crippen LogP contribution in [0.15, 0.2) is 48.5 Å². The molecule has 0 aliphatic heterocycles. The number of hydrogen-bond acceptors (Lipinski definition) is 3. The van der Waals surface area contributed by atoms with Crippen molar-refractivity contribution >= 4 is 12.1 Å². The number of alkyl carbamates (subject to hydrolysis) is 1. The van der Waals surface area contributed by atoms with Gasteiger partial charge in [0.2, 0.25) is 0 Å². The van der Waals surface area contributed by atoms with Crippen LogP contribution in [0.1, 0.15) is 28.3 Å². The predicted molar refractivity (Wildman–Crippen MR) is 86.1 cm³/mol. The van der Waals surface area contributed by atoms with Gasteiger partial charge in [-0.2, -0.15) is 0 Å². The van der Waals surface area contributed by atoms with Crippen LogP contribution in [-0.4, -0.2) is 17.2 Å². The topological polar surface area (TPSA) is 75.6 Å². The van der Waals surface area contributed by atoms with E-state index in [1.54, 1.807) is 0 Å². The highest BCUT2D eigenvalue weighted by molar-refractivity contribution is 5.82. The molecular weight excluding hydrogens is 294 g/mol. The number of ether oxygens (including phenoxy) is 1. The lowest BCUT2D eigenvalue weighted by atomic mass is 9.96. The molecule has 2 rings (SSSR count). The summed E-state index contributed by atoms with van der Waals surface area (Å²) in [5, 5.41) is 11.9. The molecule has 5 heteroatoms. The van der Waals surface area contributed by atoms with Gasteiger partial charge in [0.15, 0.2) is 6.04 Å². The third-order valence-electron chi connectivity index (χ3n) is 3.55. The van der Waals surface area contributed by atoms with Crippen LogP contribution < -0.4 is 5.32 Å². The van der Waals surface area contributed by atoms with Crippen molar-refractivity contribution in [3.63, 3.8) is 0 Å². The molecule has 23 heavy (non-hydrogen) atoms. The lowest BCUT2D eigenvalue weighted by Gasteiger charge is -2.19. The lowest BCUT2D eigenvalue weighted by Crippen LogP contribution is -2.35. The Bertz CT molecular complexity index is 677. The van der Waals surface area contributed by atoms with Crippen LogP contribution in [0.3, 0.4) is 0 Å². The van der Waals surface area contributed by atoms with Crippen LogP contribution in [-0.2, 0) is 16.1 Å². The van der Waals surface area contributed by atoms with Gasteiger partial charge in [-0.25, -0.2) is 9.59 Å². The smallest absolute Gasteiger partial charge is 0.408 e. The van der Waals surface area contributed by atoms with E-state index in [-0.39, 0.29) is 6.61 Å². The molecule has 0 radical (unpaired) electrons. The molecule has 1 amide bonds. The van der Waals surface area contributed by atoms with Crippen molar-refractivity contribution in [2.75, 3.05) is 0 Å². The first kappa shape index (κ1) is 16.5. The van der Waals surface area contributed by atoms with E-state index in [1.807, 2.05) is 62.4 Å². The number of aliphatic carboxylic acids is 1. The fourth-order valence-electron chi connectivity index (χ4n) is 2.42. The number of aryl methyl sites for hydroxylation is 2. The Kier molecular flexibility index (Phi) is 5.36. The number of rotatable bonds is 5. The van der Waals surface area contributed by atoms with Crippen molar-refractivity contribution in [1.82, 2.24) is 5.32 Å². The molecule has 5 nitrogen and oxygen atoms in total. The maximum absolute atomic E-state index is 11.9. The average Bonchev–Trinajstić information content (AvgIpc) is 2.52. The quantitative estimate of drug-likeness (QED) is 0.887. The third kappa shape index (κ3) is 4.32. The molecule has 0 fully saturated rings. The van der Waals surface area contributed by atoms with E-state index in [0.29, 0.717) is 5.56 Å². The molecule has 0 aromatic heterocycles. The van der Waals surface area contributed by atoms with Crippen LogP contribution in [0.5, 0.6) is 0 Å². The van der Waals surface area contributed by atoms with Gasteiger partial charge in [0.25, 0.3) is 0 Å².